The molecule has 134 valence electrons. The standard InChI is InChI=1S/C16H20N4O5/c1-3-24-14(21)8-6-4-5-7-13-18-16(19-25-13)15-11(2)9-12(10-17-15)20(22)23/h9-10H,3-8H2,1-2H3. The fraction of sp³-hybridized carbons (Fsp3) is 0.500. The first kappa shape index (κ1) is 18.5. The Balaban J connectivity index is 1.86. The Hall–Kier alpha value is -2.84. The van der Waals surface area contributed by atoms with Gasteiger partial charge in [-0.2, -0.15) is 4.98 Å². The van der Waals surface area contributed by atoms with Gasteiger partial charge in [0.05, 0.1) is 11.5 Å². The third-order valence-electron chi connectivity index (χ3n) is 3.53. The Labute approximate surface area is 144 Å². The van der Waals surface area contributed by atoms with Crippen molar-refractivity contribution < 1.29 is 19.0 Å². The second-order valence-electron chi connectivity index (χ2n) is 5.49. The molecule has 0 saturated heterocycles. The number of aryl methyl sites for hydroxylation is 2. The van der Waals surface area contributed by atoms with E-state index in [0.29, 0.717) is 42.4 Å². The Bertz CT molecular complexity index is 744. The van der Waals surface area contributed by atoms with Gasteiger partial charge in [-0.25, -0.2) is 4.98 Å². The third kappa shape index (κ3) is 5.33. The zero-order valence-corrected chi connectivity index (χ0v) is 14.2. The van der Waals surface area contributed by atoms with Gasteiger partial charge in [-0.1, -0.05) is 11.6 Å². The molecule has 0 aliphatic heterocycles. The van der Waals surface area contributed by atoms with Crippen molar-refractivity contribution in [1.29, 1.82) is 0 Å². The second kappa shape index (κ2) is 8.86. The number of rotatable bonds is 9. The Morgan fingerprint density at radius 1 is 1.36 bits per heavy atom. The van der Waals surface area contributed by atoms with Crippen LogP contribution in [0.4, 0.5) is 5.69 Å². The van der Waals surface area contributed by atoms with Crippen LogP contribution in [-0.2, 0) is 16.0 Å². The lowest BCUT2D eigenvalue weighted by Gasteiger charge is -2.00. The van der Waals surface area contributed by atoms with Crippen molar-refractivity contribution in [2.24, 2.45) is 0 Å². The first-order chi connectivity index (χ1) is 12.0. The summed E-state index contributed by atoms with van der Waals surface area (Å²) in [6, 6.07) is 1.42. The van der Waals surface area contributed by atoms with Gasteiger partial charge in [0.25, 0.3) is 5.69 Å². The molecule has 0 radical (unpaired) electrons. The minimum absolute atomic E-state index is 0.0773. The predicted molar refractivity (Wildman–Crippen MR) is 87.7 cm³/mol. The maximum Gasteiger partial charge on any atom is 0.305 e. The van der Waals surface area contributed by atoms with Crippen LogP contribution in [0.3, 0.4) is 0 Å². The number of hydrogen-bond donors (Lipinski definition) is 0. The van der Waals surface area contributed by atoms with E-state index in [1.165, 1.54) is 12.3 Å². The molecule has 9 nitrogen and oxygen atoms in total. The molecule has 0 aliphatic carbocycles. The monoisotopic (exact) mass is 348 g/mol. The molecule has 0 unspecified atom stereocenters. The van der Waals surface area contributed by atoms with Gasteiger partial charge in [-0.05, 0) is 32.3 Å². The van der Waals surface area contributed by atoms with Crippen LogP contribution in [0.15, 0.2) is 16.8 Å². The van der Waals surface area contributed by atoms with Gasteiger partial charge >= 0.3 is 5.97 Å². The van der Waals surface area contributed by atoms with E-state index in [2.05, 4.69) is 15.1 Å². The van der Waals surface area contributed by atoms with Crippen LogP contribution in [0.2, 0.25) is 0 Å². The third-order valence-corrected chi connectivity index (χ3v) is 3.53. The number of aromatic nitrogens is 3. The SMILES string of the molecule is CCOC(=O)CCCCCc1nc(-c2ncc([N+](=O)[O-])cc2C)no1. The fourth-order valence-electron chi connectivity index (χ4n) is 2.30. The zero-order chi connectivity index (χ0) is 18.2. The summed E-state index contributed by atoms with van der Waals surface area (Å²) in [6.07, 6.45) is 4.60. The number of pyridine rings is 1. The van der Waals surface area contributed by atoms with Gasteiger partial charge in [-0.3, -0.25) is 14.9 Å². The summed E-state index contributed by atoms with van der Waals surface area (Å²) in [5.74, 6) is 0.613. The summed E-state index contributed by atoms with van der Waals surface area (Å²) in [5.41, 5.74) is 0.991. The average Bonchev–Trinajstić information content (AvgIpc) is 3.03. The molecule has 0 aromatic carbocycles. The van der Waals surface area contributed by atoms with Crippen LogP contribution >= 0.6 is 0 Å². The van der Waals surface area contributed by atoms with E-state index in [1.54, 1.807) is 13.8 Å². The van der Waals surface area contributed by atoms with Crippen molar-refractivity contribution in [3.63, 3.8) is 0 Å². The second-order valence-corrected chi connectivity index (χ2v) is 5.49. The van der Waals surface area contributed by atoms with E-state index in [-0.39, 0.29) is 11.7 Å². The highest BCUT2D eigenvalue weighted by Crippen LogP contribution is 2.22. The highest BCUT2D eigenvalue weighted by atomic mass is 16.6. The van der Waals surface area contributed by atoms with E-state index in [1.807, 2.05) is 0 Å². The molecule has 2 rings (SSSR count). The molecule has 0 amide bonds. The van der Waals surface area contributed by atoms with Crippen LogP contribution in [0.25, 0.3) is 11.5 Å². The summed E-state index contributed by atoms with van der Waals surface area (Å²) >= 11 is 0. The first-order valence-electron chi connectivity index (χ1n) is 8.11. The molecular weight excluding hydrogens is 328 g/mol. The van der Waals surface area contributed by atoms with Crippen molar-refractivity contribution in [1.82, 2.24) is 15.1 Å². The van der Waals surface area contributed by atoms with Crippen molar-refractivity contribution >= 4 is 11.7 Å². The number of hydrogen-bond acceptors (Lipinski definition) is 8. The molecule has 0 saturated carbocycles. The van der Waals surface area contributed by atoms with Crippen LogP contribution in [-0.4, -0.2) is 32.6 Å². The van der Waals surface area contributed by atoms with Crippen LogP contribution in [0.1, 0.15) is 44.1 Å². The molecule has 2 aromatic heterocycles. The lowest BCUT2D eigenvalue weighted by atomic mass is 10.1. The summed E-state index contributed by atoms with van der Waals surface area (Å²) < 4.78 is 10.1. The molecule has 0 N–H and O–H groups in total. The smallest absolute Gasteiger partial charge is 0.305 e. The minimum Gasteiger partial charge on any atom is -0.466 e. The maximum absolute atomic E-state index is 11.2. The number of esters is 1. The van der Waals surface area contributed by atoms with E-state index >= 15 is 0 Å². The van der Waals surface area contributed by atoms with Crippen molar-refractivity contribution in [2.75, 3.05) is 6.61 Å². The predicted octanol–water partition coefficient (Wildman–Crippen LogP) is 3.01. The Morgan fingerprint density at radius 3 is 2.84 bits per heavy atom. The van der Waals surface area contributed by atoms with Gasteiger partial charge in [0.1, 0.15) is 11.9 Å². The lowest BCUT2D eigenvalue weighted by Crippen LogP contribution is -2.03. The number of ether oxygens (including phenoxy) is 1. The molecule has 9 heteroatoms. The fourth-order valence-corrected chi connectivity index (χ4v) is 2.30. The molecule has 0 bridgehead atoms. The summed E-state index contributed by atoms with van der Waals surface area (Å²) in [6.45, 7) is 3.90. The quantitative estimate of drug-likeness (QED) is 0.293. The summed E-state index contributed by atoms with van der Waals surface area (Å²) in [5, 5.41) is 14.6. The van der Waals surface area contributed by atoms with E-state index < -0.39 is 4.92 Å². The Kier molecular flexibility index (Phi) is 6.55. The lowest BCUT2D eigenvalue weighted by molar-refractivity contribution is -0.385. The normalized spacial score (nSPS) is 10.6. The topological polar surface area (TPSA) is 121 Å². The number of carbonyl (C=O) groups is 1. The van der Waals surface area contributed by atoms with Gasteiger partial charge in [0, 0.05) is 18.9 Å². The van der Waals surface area contributed by atoms with Crippen molar-refractivity contribution in [3.05, 3.63) is 33.8 Å². The average molecular weight is 348 g/mol. The molecule has 0 atom stereocenters. The number of unbranched alkanes of at least 4 members (excludes halogenated alkanes) is 2. The number of nitro groups is 1. The first-order valence-corrected chi connectivity index (χ1v) is 8.11. The molecule has 2 aromatic rings. The summed E-state index contributed by atoms with van der Waals surface area (Å²) in [4.78, 5) is 29.8. The van der Waals surface area contributed by atoms with Crippen LogP contribution in [0.5, 0.6) is 0 Å². The van der Waals surface area contributed by atoms with Gasteiger partial charge in [-0.15, -0.1) is 0 Å². The van der Waals surface area contributed by atoms with E-state index in [9.17, 15) is 14.9 Å². The van der Waals surface area contributed by atoms with Crippen molar-refractivity contribution in [2.45, 2.75) is 46.0 Å². The highest BCUT2D eigenvalue weighted by molar-refractivity contribution is 5.69. The molecule has 0 aliphatic rings. The molecule has 0 spiro atoms. The maximum atomic E-state index is 11.2. The Morgan fingerprint density at radius 2 is 2.16 bits per heavy atom. The largest absolute Gasteiger partial charge is 0.466 e. The van der Waals surface area contributed by atoms with Crippen LogP contribution < -0.4 is 0 Å². The summed E-state index contributed by atoms with van der Waals surface area (Å²) in [7, 11) is 0. The molecule has 25 heavy (non-hydrogen) atoms. The van der Waals surface area contributed by atoms with Crippen LogP contribution in [0, 0.1) is 17.0 Å². The number of nitrogens with zero attached hydrogens (tertiary/aromatic N) is 4. The molecule has 2 heterocycles. The number of carbonyl (C=O) groups excluding carboxylic acids is 1. The van der Waals surface area contributed by atoms with Gasteiger partial charge in [0.15, 0.2) is 0 Å². The molecular formula is C16H20N4O5. The zero-order valence-electron chi connectivity index (χ0n) is 14.2. The van der Waals surface area contributed by atoms with Gasteiger partial charge in [0.2, 0.25) is 11.7 Å². The minimum atomic E-state index is -0.498. The van der Waals surface area contributed by atoms with Crippen molar-refractivity contribution in [3.8, 4) is 11.5 Å². The van der Waals surface area contributed by atoms with E-state index in [0.717, 1.165) is 19.3 Å². The van der Waals surface area contributed by atoms with Gasteiger partial charge < -0.3 is 9.26 Å². The molecule has 0 fully saturated rings. The highest BCUT2D eigenvalue weighted by Gasteiger charge is 2.15. The van der Waals surface area contributed by atoms with E-state index in [4.69, 9.17) is 9.26 Å².